The first-order chi connectivity index (χ1) is 12.2. The molecule has 1 aliphatic heterocycles. The second kappa shape index (κ2) is 6.71. The summed E-state index contributed by atoms with van der Waals surface area (Å²) < 4.78 is 23.8. The molecule has 0 aliphatic carbocycles. The maximum Gasteiger partial charge on any atom is 0.254 e. The molecule has 8 nitrogen and oxygen atoms in total. The smallest absolute Gasteiger partial charge is 0.254 e. The highest BCUT2D eigenvalue weighted by Gasteiger charge is 2.28. The Labute approximate surface area is 152 Å². The molecule has 1 amide bonds. The zero-order chi connectivity index (χ0) is 19.1. The number of nitrogen functional groups attached to an aromatic ring is 1. The van der Waals surface area contributed by atoms with Crippen LogP contribution in [0.15, 0.2) is 17.0 Å². The van der Waals surface area contributed by atoms with Crippen LogP contribution in [-0.2, 0) is 9.84 Å². The fraction of sp³-hybridized carbons (Fsp3) is 0.471. The van der Waals surface area contributed by atoms with E-state index < -0.39 is 9.84 Å². The highest BCUT2D eigenvalue weighted by molar-refractivity contribution is 7.90. The third-order valence-corrected chi connectivity index (χ3v) is 6.08. The van der Waals surface area contributed by atoms with Crippen molar-refractivity contribution in [1.82, 2.24) is 20.1 Å². The van der Waals surface area contributed by atoms with E-state index in [2.05, 4.69) is 15.2 Å². The first-order valence-electron chi connectivity index (χ1n) is 8.45. The zero-order valence-electron chi connectivity index (χ0n) is 15.1. The quantitative estimate of drug-likeness (QED) is 0.834. The molecule has 0 atom stereocenters. The number of benzene rings is 1. The Balaban J connectivity index is 1.79. The van der Waals surface area contributed by atoms with Gasteiger partial charge in [-0.25, -0.2) is 8.42 Å². The molecule has 0 unspecified atom stereocenters. The second-order valence-corrected chi connectivity index (χ2v) is 8.85. The van der Waals surface area contributed by atoms with Gasteiger partial charge >= 0.3 is 0 Å². The molecule has 3 N–H and O–H groups in total. The van der Waals surface area contributed by atoms with Gasteiger partial charge < -0.3 is 10.6 Å². The van der Waals surface area contributed by atoms with Crippen LogP contribution in [0.5, 0.6) is 0 Å². The van der Waals surface area contributed by atoms with Gasteiger partial charge in [-0.1, -0.05) is 0 Å². The molecule has 3 rings (SSSR count). The lowest BCUT2D eigenvalue weighted by Crippen LogP contribution is -2.38. The Bertz CT molecular complexity index is 943. The number of sulfone groups is 1. The van der Waals surface area contributed by atoms with Gasteiger partial charge in [0.05, 0.1) is 4.90 Å². The number of nitrogens with one attached hydrogen (secondary N) is 1. The summed E-state index contributed by atoms with van der Waals surface area (Å²) in [5.74, 6) is 1.03. The maximum atomic E-state index is 13.0. The number of hydrogen-bond donors (Lipinski definition) is 2. The number of rotatable bonds is 3. The fourth-order valence-corrected chi connectivity index (χ4v) is 3.98. The van der Waals surface area contributed by atoms with Gasteiger partial charge in [0.2, 0.25) is 5.95 Å². The molecule has 9 heteroatoms. The van der Waals surface area contributed by atoms with Crippen molar-refractivity contribution in [3.05, 3.63) is 34.6 Å². The van der Waals surface area contributed by atoms with Crippen LogP contribution in [0.3, 0.4) is 0 Å². The summed E-state index contributed by atoms with van der Waals surface area (Å²) in [5, 5.41) is 6.69. The molecular formula is C17H23N5O3S. The fourth-order valence-electron chi connectivity index (χ4n) is 3.26. The Kier molecular flexibility index (Phi) is 4.74. The molecule has 2 aromatic rings. The molecule has 1 fully saturated rings. The van der Waals surface area contributed by atoms with Crippen LogP contribution < -0.4 is 5.73 Å². The van der Waals surface area contributed by atoms with Gasteiger partial charge in [0.25, 0.3) is 5.91 Å². The van der Waals surface area contributed by atoms with Gasteiger partial charge in [0.1, 0.15) is 5.82 Å². The van der Waals surface area contributed by atoms with E-state index in [1.54, 1.807) is 11.0 Å². The number of H-pyrrole nitrogens is 1. The molecule has 0 bridgehead atoms. The van der Waals surface area contributed by atoms with E-state index in [0.29, 0.717) is 18.7 Å². The van der Waals surface area contributed by atoms with Crippen LogP contribution in [0.4, 0.5) is 5.95 Å². The van der Waals surface area contributed by atoms with Crippen molar-refractivity contribution < 1.29 is 13.2 Å². The number of amides is 1. The van der Waals surface area contributed by atoms with Crippen LogP contribution in [0.1, 0.15) is 46.1 Å². The second-order valence-electron chi connectivity index (χ2n) is 6.83. The van der Waals surface area contributed by atoms with Crippen molar-refractivity contribution in [2.45, 2.75) is 37.5 Å². The minimum absolute atomic E-state index is 0.133. The number of anilines is 1. The zero-order valence-corrected chi connectivity index (χ0v) is 15.9. The van der Waals surface area contributed by atoms with Gasteiger partial charge in [-0.3, -0.25) is 9.89 Å². The Hall–Kier alpha value is -2.42. The number of aromatic amines is 1. The largest absolute Gasteiger partial charge is 0.367 e. The first kappa shape index (κ1) is 18.4. The Morgan fingerprint density at radius 1 is 1.27 bits per heavy atom. The van der Waals surface area contributed by atoms with Gasteiger partial charge in [0.15, 0.2) is 9.84 Å². The summed E-state index contributed by atoms with van der Waals surface area (Å²) in [6.07, 6.45) is 2.66. The minimum Gasteiger partial charge on any atom is -0.367 e. The highest BCUT2D eigenvalue weighted by Crippen LogP contribution is 2.28. The third-order valence-electron chi connectivity index (χ3n) is 4.99. The molecule has 0 radical (unpaired) electrons. The Morgan fingerprint density at radius 2 is 1.92 bits per heavy atom. The number of aromatic nitrogens is 3. The molecule has 1 saturated heterocycles. The molecule has 0 spiro atoms. The molecular weight excluding hydrogens is 354 g/mol. The van der Waals surface area contributed by atoms with Crippen molar-refractivity contribution in [1.29, 1.82) is 0 Å². The molecule has 26 heavy (non-hydrogen) atoms. The van der Waals surface area contributed by atoms with Gasteiger partial charge in [-0.05, 0) is 49.9 Å². The van der Waals surface area contributed by atoms with E-state index in [4.69, 9.17) is 5.73 Å². The third kappa shape index (κ3) is 3.57. The van der Waals surface area contributed by atoms with Crippen molar-refractivity contribution in [3.63, 3.8) is 0 Å². The number of carbonyl (C=O) groups excluding carboxylic acids is 1. The minimum atomic E-state index is -3.37. The maximum absolute atomic E-state index is 13.0. The SMILES string of the molecule is Cc1cc(S(C)(=O)=O)cc(C(=O)N2CCC(c3nc(N)n[nH]3)CC2)c1C. The summed E-state index contributed by atoms with van der Waals surface area (Å²) >= 11 is 0. The highest BCUT2D eigenvalue weighted by atomic mass is 32.2. The average Bonchev–Trinajstić information content (AvgIpc) is 3.02. The van der Waals surface area contributed by atoms with E-state index in [0.717, 1.165) is 36.0 Å². The molecule has 1 aromatic heterocycles. The van der Waals surface area contributed by atoms with E-state index in [9.17, 15) is 13.2 Å². The summed E-state index contributed by atoms with van der Waals surface area (Å²) in [6, 6.07) is 3.10. The van der Waals surface area contributed by atoms with Crippen LogP contribution in [-0.4, -0.2) is 53.8 Å². The van der Waals surface area contributed by atoms with Gasteiger partial charge in [-0.15, -0.1) is 5.10 Å². The van der Waals surface area contributed by atoms with E-state index in [-0.39, 0.29) is 22.7 Å². The average molecular weight is 377 g/mol. The molecule has 2 heterocycles. The topological polar surface area (TPSA) is 122 Å². The summed E-state index contributed by atoms with van der Waals surface area (Å²) in [6.45, 7) is 4.82. The molecule has 1 aliphatic rings. The predicted molar refractivity (Wildman–Crippen MR) is 97.7 cm³/mol. The summed E-state index contributed by atoms with van der Waals surface area (Å²) in [5.41, 5.74) is 7.61. The number of hydrogen-bond acceptors (Lipinski definition) is 6. The summed E-state index contributed by atoms with van der Waals surface area (Å²) in [4.78, 5) is 19.1. The standard InChI is InChI=1S/C17H23N5O3S/c1-10-8-13(26(3,24)25)9-14(11(10)2)16(23)22-6-4-12(5-7-22)15-19-17(18)21-20-15/h8-9,12H,4-7H2,1-3H3,(H3,18,19,20,21). The number of nitrogens with two attached hydrogens (primary N) is 1. The van der Waals surface area contributed by atoms with Crippen molar-refractivity contribution in [2.24, 2.45) is 0 Å². The number of piperidine rings is 1. The summed E-state index contributed by atoms with van der Waals surface area (Å²) in [7, 11) is -3.37. The number of nitrogens with zero attached hydrogens (tertiary/aromatic N) is 3. The normalized spacial score (nSPS) is 16.0. The van der Waals surface area contributed by atoms with Crippen molar-refractivity contribution in [3.8, 4) is 0 Å². The molecule has 140 valence electrons. The molecule has 0 saturated carbocycles. The first-order valence-corrected chi connectivity index (χ1v) is 10.3. The van der Waals surface area contributed by atoms with Gasteiger partial charge in [-0.2, -0.15) is 4.98 Å². The monoisotopic (exact) mass is 377 g/mol. The lowest BCUT2D eigenvalue weighted by Gasteiger charge is -2.31. The van der Waals surface area contributed by atoms with E-state index in [1.807, 2.05) is 13.8 Å². The number of aryl methyl sites for hydroxylation is 1. The Morgan fingerprint density at radius 3 is 2.46 bits per heavy atom. The number of carbonyl (C=O) groups is 1. The predicted octanol–water partition coefficient (Wildman–Crippen LogP) is 1.43. The lowest BCUT2D eigenvalue weighted by atomic mass is 9.95. The van der Waals surface area contributed by atoms with Gasteiger partial charge in [0, 0.05) is 30.8 Å². The molecule has 1 aromatic carbocycles. The van der Waals surface area contributed by atoms with Crippen LogP contribution in [0, 0.1) is 13.8 Å². The van der Waals surface area contributed by atoms with Crippen LogP contribution in [0.2, 0.25) is 0 Å². The van der Waals surface area contributed by atoms with Crippen LogP contribution in [0.25, 0.3) is 0 Å². The van der Waals surface area contributed by atoms with Crippen molar-refractivity contribution >= 4 is 21.7 Å². The number of likely N-dealkylation sites (tertiary alicyclic amines) is 1. The lowest BCUT2D eigenvalue weighted by molar-refractivity contribution is 0.0710. The van der Waals surface area contributed by atoms with E-state index in [1.165, 1.54) is 6.07 Å². The van der Waals surface area contributed by atoms with E-state index >= 15 is 0 Å². The van der Waals surface area contributed by atoms with Crippen molar-refractivity contribution in [2.75, 3.05) is 25.1 Å². The van der Waals surface area contributed by atoms with Crippen LogP contribution >= 0.6 is 0 Å².